The zero-order valence-corrected chi connectivity index (χ0v) is 11.2. The number of aromatic nitrogens is 3. The molecule has 0 bridgehead atoms. The number of H-pyrrole nitrogens is 1. The third-order valence-corrected chi connectivity index (χ3v) is 3.20. The van der Waals surface area contributed by atoms with Crippen molar-refractivity contribution in [2.24, 2.45) is 0 Å². The van der Waals surface area contributed by atoms with Crippen LogP contribution < -0.4 is 5.32 Å². The van der Waals surface area contributed by atoms with Gasteiger partial charge in [-0.3, -0.25) is 0 Å². The quantitative estimate of drug-likeness (QED) is 0.891. The van der Waals surface area contributed by atoms with E-state index in [1.807, 2.05) is 0 Å². The summed E-state index contributed by atoms with van der Waals surface area (Å²) in [5.74, 6) is 1.63. The number of nitrogens with zero attached hydrogens (tertiary/aromatic N) is 2. The molecule has 1 fully saturated rings. The average Bonchev–Trinajstić information content (AvgIpc) is 2.98. The van der Waals surface area contributed by atoms with Crippen molar-refractivity contribution in [2.75, 3.05) is 13.1 Å². The van der Waals surface area contributed by atoms with E-state index >= 15 is 0 Å². The number of nitrogens with one attached hydrogen (secondary N) is 2. The van der Waals surface area contributed by atoms with Crippen molar-refractivity contribution in [3.8, 4) is 11.6 Å². The molecule has 0 saturated carbocycles. The smallest absolute Gasteiger partial charge is 0.274 e. The highest BCUT2D eigenvalue weighted by Gasteiger charge is 2.21. The van der Waals surface area contributed by atoms with Gasteiger partial charge in [0.1, 0.15) is 5.69 Å². The second-order valence-electron chi connectivity index (χ2n) is 4.23. The van der Waals surface area contributed by atoms with Crippen LogP contribution in [0.4, 0.5) is 0 Å². The Balaban J connectivity index is 0.00000120. The maximum Gasteiger partial charge on any atom is 0.274 e. The lowest BCUT2D eigenvalue weighted by molar-refractivity contribution is 0.392. The van der Waals surface area contributed by atoms with Crippen molar-refractivity contribution in [3.63, 3.8) is 0 Å². The van der Waals surface area contributed by atoms with Gasteiger partial charge in [-0.1, -0.05) is 16.8 Å². The summed E-state index contributed by atoms with van der Waals surface area (Å²) in [6.07, 6.45) is 3.96. The van der Waals surface area contributed by atoms with E-state index in [0.29, 0.717) is 16.8 Å². The van der Waals surface area contributed by atoms with E-state index in [9.17, 15) is 0 Å². The molecule has 1 saturated heterocycles. The van der Waals surface area contributed by atoms with E-state index in [1.165, 1.54) is 0 Å². The minimum absolute atomic E-state index is 0. The normalized spacial score (nSPS) is 19.5. The lowest BCUT2D eigenvalue weighted by Crippen LogP contribution is -2.28. The van der Waals surface area contributed by atoms with E-state index in [1.54, 1.807) is 12.3 Å². The van der Waals surface area contributed by atoms with E-state index in [2.05, 4.69) is 20.4 Å². The fourth-order valence-electron chi connectivity index (χ4n) is 2.07. The van der Waals surface area contributed by atoms with E-state index in [-0.39, 0.29) is 12.4 Å². The molecule has 0 amide bonds. The Morgan fingerprint density at radius 3 is 3.00 bits per heavy atom. The van der Waals surface area contributed by atoms with Crippen LogP contribution >= 0.6 is 24.0 Å². The summed E-state index contributed by atoms with van der Waals surface area (Å²) in [7, 11) is 0. The number of halogens is 2. The molecule has 2 N–H and O–H groups in total. The first-order chi connectivity index (χ1) is 8.33. The molecule has 2 aromatic rings. The van der Waals surface area contributed by atoms with E-state index < -0.39 is 0 Å². The number of piperidine rings is 1. The summed E-state index contributed by atoms with van der Waals surface area (Å²) < 4.78 is 5.24. The highest BCUT2D eigenvalue weighted by Crippen LogP contribution is 2.24. The van der Waals surface area contributed by atoms with Gasteiger partial charge in [0.25, 0.3) is 5.89 Å². The molecule has 0 aromatic carbocycles. The molecule has 5 nitrogen and oxygen atoms in total. The molecule has 3 rings (SSSR count). The van der Waals surface area contributed by atoms with Gasteiger partial charge in [-0.05, 0) is 25.5 Å². The Kier molecular flexibility index (Phi) is 4.27. The van der Waals surface area contributed by atoms with Crippen LogP contribution in [0, 0.1) is 0 Å². The predicted molar refractivity (Wildman–Crippen MR) is 71.2 cm³/mol. The summed E-state index contributed by atoms with van der Waals surface area (Å²) in [5, 5.41) is 8.01. The van der Waals surface area contributed by atoms with Gasteiger partial charge >= 0.3 is 0 Å². The molecule has 98 valence electrons. The van der Waals surface area contributed by atoms with Gasteiger partial charge in [-0.15, -0.1) is 12.4 Å². The largest absolute Gasteiger partial charge is 0.356 e. The fourth-order valence-corrected chi connectivity index (χ4v) is 2.24. The molecule has 1 atom stereocenters. The zero-order chi connectivity index (χ0) is 11.7. The Bertz CT molecular complexity index is 505. The first kappa shape index (κ1) is 13.4. The number of hydrogen-bond donors (Lipinski definition) is 2. The molecular weight excluding hydrogens is 275 g/mol. The summed E-state index contributed by atoms with van der Waals surface area (Å²) in [5.41, 5.74) is 0.762. The number of rotatable bonds is 2. The number of aromatic amines is 1. The molecule has 1 aliphatic rings. The fraction of sp³-hybridized carbons (Fsp3) is 0.455. The Labute approximate surface area is 116 Å². The molecule has 1 unspecified atom stereocenters. The van der Waals surface area contributed by atoms with Gasteiger partial charge in [-0.25, -0.2) is 0 Å². The maximum absolute atomic E-state index is 5.83. The average molecular weight is 289 g/mol. The van der Waals surface area contributed by atoms with Crippen LogP contribution in [-0.2, 0) is 0 Å². The summed E-state index contributed by atoms with van der Waals surface area (Å²) >= 11 is 5.83. The van der Waals surface area contributed by atoms with Gasteiger partial charge in [-0.2, -0.15) is 4.98 Å². The predicted octanol–water partition coefficient (Wildman–Crippen LogP) is 2.61. The molecule has 0 radical (unpaired) electrons. The molecule has 0 aliphatic carbocycles. The van der Waals surface area contributed by atoms with Crippen molar-refractivity contribution in [3.05, 3.63) is 23.1 Å². The first-order valence-electron chi connectivity index (χ1n) is 5.71. The van der Waals surface area contributed by atoms with Crippen LogP contribution in [0.2, 0.25) is 5.02 Å². The zero-order valence-electron chi connectivity index (χ0n) is 9.65. The topological polar surface area (TPSA) is 66.7 Å². The Hall–Kier alpha value is -1.04. The third kappa shape index (κ3) is 2.68. The Morgan fingerprint density at radius 2 is 2.33 bits per heavy atom. The maximum atomic E-state index is 5.83. The highest BCUT2D eigenvalue weighted by atomic mass is 35.5. The van der Waals surface area contributed by atoms with Crippen molar-refractivity contribution < 1.29 is 4.52 Å². The highest BCUT2D eigenvalue weighted by molar-refractivity contribution is 6.30. The van der Waals surface area contributed by atoms with Crippen LogP contribution in [0.15, 0.2) is 16.8 Å². The summed E-state index contributed by atoms with van der Waals surface area (Å²) in [6, 6.07) is 1.78. The van der Waals surface area contributed by atoms with Crippen LogP contribution in [0.5, 0.6) is 0 Å². The van der Waals surface area contributed by atoms with E-state index in [0.717, 1.165) is 37.4 Å². The second-order valence-corrected chi connectivity index (χ2v) is 4.67. The summed E-state index contributed by atoms with van der Waals surface area (Å²) in [6.45, 7) is 2.00. The Morgan fingerprint density at radius 1 is 1.44 bits per heavy atom. The lowest BCUT2D eigenvalue weighted by Gasteiger charge is -2.19. The molecule has 18 heavy (non-hydrogen) atoms. The van der Waals surface area contributed by atoms with Crippen molar-refractivity contribution in [1.82, 2.24) is 20.4 Å². The monoisotopic (exact) mass is 288 g/mol. The molecule has 3 heterocycles. The van der Waals surface area contributed by atoms with Crippen LogP contribution in [-0.4, -0.2) is 28.2 Å². The number of hydrogen-bond acceptors (Lipinski definition) is 4. The molecule has 1 aliphatic heterocycles. The minimum Gasteiger partial charge on any atom is -0.356 e. The van der Waals surface area contributed by atoms with Gasteiger partial charge < -0.3 is 14.8 Å². The van der Waals surface area contributed by atoms with E-state index in [4.69, 9.17) is 16.1 Å². The van der Waals surface area contributed by atoms with Crippen LogP contribution in [0.3, 0.4) is 0 Å². The third-order valence-electron chi connectivity index (χ3n) is 2.98. The molecule has 2 aromatic heterocycles. The van der Waals surface area contributed by atoms with Crippen LogP contribution in [0.25, 0.3) is 11.6 Å². The molecule has 0 spiro atoms. The van der Waals surface area contributed by atoms with Gasteiger partial charge in [0.15, 0.2) is 5.82 Å². The molecular formula is C11H14Cl2N4O. The van der Waals surface area contributed by atoms with Gasteiger partial charge in [0.05, 0.1) is 5.02 Å². The summed E-state index contributed by atoms with van der Waals surface area (Å²) in [4.78, 5) is 7.40. The standard InChI is InChI=1S/C11H13ClN4O.ClH/c12-8-4-9(14-6-8)11-15-10(16-17-11)7-2-1-3-13-5-7;/h4,6-7,13-14H,1-3,5H2;1H. The molecule has 7 heteroatoms. The van der Waals surface area contributed by atoms with Gasteiger partial charge in [0, 0.05) is 18.7 Å². The van der Waals surface area contributed by atoms with Crippen molar-refractivity contribution in [2.45, 2.75) is 18.8 Å². The van der Waals surface area contributed by atoms with Crippen molar-refractivity contribution >= 4 is 24.0 Å². The van der Waals surface area contributed by atoms with Crippen molar-refractivity contribution in [1.29, 1.82) is 0 Å². The lowest BCUT2D eigenvalue weighted by atomic mass is 9.99. The van der Waals surface area contributed by atoms with Crippen LogP contribution in [0.1, 0.15) is 24.6 Å². The first-order valence-corrected chi connectivity index (χ1v) is 6.09. The SMILES string of the molecule is Cl.Clc1c[nH]c(-c2nc(C3CCCNC3)no2)c1. The minimum atomic E-state index is 0. The second kappa shape index (κ2) is 5.73. The van der Waals surface area contributed by atoms with Gasteiger partial charge in [0.2, 0.25) is 0 Å².